The summed E-state index contributed by atoms with van der Waals surface area (Å²) in [6.07, 6.45) is 0. The fourth-order valence-corrected chi connectivity index (χ4v) is 6.35. The van der Waals surface area contributed by atoms with Crippen molar-refractivity contribution in [2.45, 2.75) is 6.54 Å². The van der Waals surface area contributed by atoms with Crippen LogP contribution in [0.1, 0.15) is 5.56 Å². The molecule has 0 atom stereocenters. The first-order chi connectivity index (χ1) is 16.8. The van der Waals surface area contributed by atoms with E-state index in [-0.39, 0.29) is 0 Å². The van der Waals surface area contributed by atoms with E-state index in [0.717, 1.165) is 59.3 Å². The Kier molecular flexibility index (Phi) is 4.78. The second-order valence-corrected chi connectivity index (χ2v) is 10.5. The zero-order chi connectivity index (χ0) is 22.5. The van der Waals surface area contributed by atoms with Gasteiger partial charge in [-0.2, -0.15) is 0 Å². The van der Waals surface area contributed by atoms with Gasteiger partial charge in [0.25, 0.3) is 0 Å². The summed E-state index contributed by atoms with van der Waals surface area (Å²) >= 11 is 3.48. The third-order valence-corrected chi connectivity index (χ3v) is 8.23. The SMILES string of the molecule is c1ccc2sc(N3CN(Cc4ccc5c(c4)OCO5)CN(c4nc5ccccc5s4)C3)nc2c1. The molecule has 0 N–H and O–H groups in total. The number of aromatic nitrogens is 2. The van der Waals surface area contributed by atoms with Crippen molar-refractivity contribution < 1.29 is 9.47 Å². The van der Waals surface area contributed by atoms with Crippen LogP contribution in [0, 0.1) is 0 Å². The molecule has 2 aromatic heterocycles. The summed E-state index contributed by atoms with van der Waals surface area (Å²) in [4.78, 5) is 17.0. The molecule has 2 aliphatic heterocycles. The van der Waals surface area contributed by atoms with Crippen LogP contribution in [0.15, 0.2) is 66.7 Å². The first-order valence-electron chi connectivity index (χ1n) is 11.1. The lowest BCUT2D eigenvalue weighted by Gasteiger charge is -2.42. The summed E-state index contributed by atoms with van der Waals surface area (Å²) in [5, 5.41) is 2.06. The summed E-state index contributed by atoms with van der Waals surface area (Å²) < 4.78 is 13.5. The van der Waals surface area contributed by atoms with Crippen LogP contribution >= 0.6 is 22.7 Å². The Balaban J connectivity index is 1.22. The Morgan fingerprint density at radius 1 is 0.706 bits per heavy atom. The molecule has 0 saturated carbocycles. The van der Waals surface area contributed by atoms with Gasteiger partial charge in [-0.1, -0.05) is 53.0 Å². The lowest BCUT2D eigenvalue weighted by atomic mass is 10.2. The van der Waals surface area contributed by atoms with Gasteiger partial charge in [0.2, 0.25) is 6.79 Å². The maximum absolute atomic E-state index is 5.60. The molecule has 0 radical (unpaired) electrons. The predicted octanol–water partition coefficient (Wildman–Crippen LogP) is 5.34. The van der Waals surface area contributed by atoms with Crippen molar-refractivity contribution in [3.8, 4) is 11.5 Å². The van der Waals surface area contributed by atoms with Crippen molar-refractivity contribution in [2.75, 3.05) is 36.6 Å². The van der Waals surface area contributed by atoms with Gasteiger partial charge in [-0.25, -0.2) is 9.97 Å². The van der Waals surface area contributed by atoms with E-state index in [9.17, 15) is 0 Å². The standard InChI is InChI=1S/C25H21N5O2S2/c1-3-7-22-18(5-1)26-24(33-22)29-13-28(12-17-9-10-20-21(11-17)32-16-31-20)14-30(15-29)25-27-19-6-2-4-8-23(19)34-25/h1-11H,12-16H2. The van der Waals surface area contributed by atoms with Crippen LogP contribution < -0.4 is 19.3 Å². The first kappa shape index (κ1) is 20.0. The van der Waals surface area contributed by atoms with Crippen LogP contribution in [-0.2, 0) is 6.54 Å². The molecule has 5 aromatic rings. The summed E-state index contributed by atoms with van der Waals surface area (Å²) in [5.41, 5.74) is 3.28. The van der Waals surface area contributed by atoms with E-state index in [1.807, 2.05) is 18.2 Å². The number of hydrogen-bond donors (Lipinski definition) is 0. The van der Waals surface area contributed by atoms with Crippen LogP contribution in [0.3, 0.4) is 0 Å². The number of anilines is 2. The summed E-state index contributed by atoms with van der Waals surface area (Å²) in [6.45, 7) is 3.40. The monoisotopic (exact) mass is 487 g/mol. The highest BCUT2D eigenvalue weighted by atomic mass is 32.1. The average molecular weight is 488 g/mol. The fraction of sp³-hybridized carbons (Fsp3) is 0.200. The van der Waals surface area contributed by atoms with E-state index in [1.165, 1.54) is 15.0 Å². The summed E-state index contributed by atoms with van der Waals surface area (Å²) in [6, 6.07) is 22.9. The number of hydrogen-bond acceptors (Lipinski definition) is 9. The second-order valence-electron chi connectivity index (χ2n) is 8.45. The smallest absolute Gasteiger partial charge is 0.231 e. The predicted molar refractivity (Wildman–Crippen MR) is 137 cm³/mol. The first-order valence-corrected chi connectivity index (χ1v) is 12.7. The largest absolute Gasteiger partial charge is 0.454 e. The molecule has 7 rings (SSSR count). The Bertz CT molecular complexity index is 1350. The molecule has 0 bridgehead atoms. The minimum Gasteiger partial charge on any atom is -0.454 e. The van der Waals surface area contributed by atoms with Crippen molar-refractivity contribution >= 4 is 53.4 Å². The van der Waals surface area contributed by atoms with E-state index in [0.29, 0.717) is 6.79 Å². The minimum absolute atomic E-state index is 0.291. The van der Waals surface area contributed by atoms with Crippen LogP contribution in [-0.4, -0.2) is 41.7 Å². The van der Waals surface area contributed by atoms with Gasteiger partial charge in [0.05, 0.1) is 40.4 Å². The Morgan fingerprint density at radius 2 is 1.32 bits per heavy atom. The molecule has 1 saturated heterocycles. The Labute approximate surface area is 204 Å². The van der Waals surface area contributed by atoms with Crippen molar-refractivity contribution in [1.82, 2.24) is 14.9 Å². The Hall–Kier alpha value is -3.40. The normalized spacial score (nSPS) is 16.1. The lowest BCUT2D eigenvalue weighted by molar-refractivity contribution is 0.174. The number of benzene rings is 3. The second kappa shape index (κ2) is 8.12. The molecule has 0 unspecified atom stereocenters. The number of fused-ring (bicyclic) bond motifs is 3. The van der Waals surface area contributed by atoms with Gasteiger partial charge in [-0.05, 0) is 42.0 Å². The Morgan fingerprint density at radius 3 is 1.97 bits per heavy atom. The average Bonchev–Trinajstić information content (AvgIpc) is 3.61. The van der Waals surface area contributed by atoms with Gasteiger partial charge in [-0.3, -0.25) is 4.90 Å². The zero-order valence-corrected chi connectivity index (χ0v) is 19.9. The van der Waals surface area contributed by atoms with Gasteiger partial charge in [0.1, 0.15) is 0 Å². The molecule has 7 nitrogen and oxygen atoms in total. The fourth-order valence-electron chi connectivity index (χ4n) is 4.45. The molecular weight excluding hydrogens is 466 g/mol. The molecule has 4 heterocycles. The van der Waals surface area contributed by atoms with Gasteiger partial charge in [0, 0.05) is 6.54 Å². The molecule has 9 heteroatoms. The van der Waals surface area contributed by atoms with Crippen molar-refractivity contribution in [2.24, 2.45) is 0 Å². The third kappa shape index (κ3) is 3.62. The quantitative estimate of drug-likeness (QED) is 0.339. The maximum Gasteiger partial charge on any atom is 0.231 e. The maximum atomic E-state index is 5.60. The molecule has 3 aromatic carbocycles. The third-order valence-electron chi connectivity index (χ3n) is 6.03. The van der Waals surface area contributed by atoms with Crippen LogP contribution in [0.4, 0.5) is 10.3 Å². The number of thiazole rings is 2. The van der Waals surface area contributed by atoms with Crippen molar-refractivity contribution in [3.05, 3.63) is 72.3 Å². The summed E-state index contributed by atoms with van der Waals surface area (Å²) in [5.74, 6) is 1.63. The van der Waals surface area contributed by atoms with E-state index in [2.05, 4.69) is 63.2 Å². The molecule has 34 heavy (non-hydrogen) atoms. The van der Waals surface area contributed by atoms with Gasteiger partial charge in [0.15, 0.2) is 21.8 Å². The molecule has 0 amide bonds. The molecule has 1 fully saturated rings. The van der Waals surface area contributed by atoms with E-state index in [1.54, 1.807) is 22.7 Å². The van der Waals surface area contributed by atoms with E-state index < -0.39 is 0 Å². The number of rotatable bonds is 4. The number of para-hydroxylation sites is 2. The van der Waals surface area contributed by atoms with Gasteiger partial charge >= 0.3 is 0 Å². The van der Waals surface area contributed by atoms with E-state index in [4.69, 9.17) is 19.4 Å². The lowest BCUT2D eigenvalue weighted by Crippen LogP contribution is -2.55. The minimum atomic E-state index is 0.291. The number of ether oxygens (including phenoxy) is 2. The molecule has 0 aliphatic carbocycles. The molecule has 2 aliphatic rings. The van der Waals surface area contributed by atoms with Gasteiger partial charge < -0.3 is 19.3 Å². The van der Waals surface area contributed by atoms with Crippen LogP contribution in [0.5, 0.6) is 11.5 Å². The highest BCUT2D eigenvalue weighted by Gasteiger charge is 2.28. The molecule has 0 spiro atoms. The van der Waals surface area contributed by atoms with E-state index >= 15 is 0 Å². The van der Waals surface area contributed by atoms with Crippen molar-refractivity contribution in [1.29, 1.82) is 0 Å². The summed E-state index contributed by atoms with van der Waals surface area (Å²) in [7, 11) is 0. The van der Waals surface area contributed by atoms with Gasteiger partial charge in [-0.15, -0.1) is 0 Å². The highest BCUT2D eigenvalue weighted by Crippen LogP contribution is 2.35. The number of nitrogens with zero attached hydrogens (tertiary/aromatic N) is 5. The topological polar surface area (TPSA) is 54.0 Å². The van der Waals surface area contributed by atoms with Crippen LogP contribution in [0.2, 0.25) is 0 Å². The highest BCUT2D eigenvalue weighted by molar-refractivity contribution is 7.22. The van der Waals surface area contributed by atoms with Crippen molar-refractivity contribution in [3.63, 3.8) is 0 Å². The van der Waals surface area contributed by atoms with Crippen LogP contribution in [0.25, 0.3) is 20.4 Å². The zero-order valence-electron chi connectivity index (χ0n) is 18.3. The molecule has 170 valence electrons. The molecular formula is C25H21N5O2S2.